The average Bonchev–Trinajstić information content (AvgIpc) is 1.78. The van der Waals surface area contributed by atoms with Crippen molar-refractivity contribution in [1.29, 1.82) is 0 Å². The first-order chi connectivity index (χ1) is 5.82. The Morgan fingerprint density at radius 2 is 1.62 bits per heavy atom. The third-order valence-electron chi connectivity index (χ3n) is 1.13. The van der Waals surface area contributed by atoms with E-state index in [4.69, 9.17) is 11.6 Å². The van der Waals surface area contributed by atoms with Crippen LogP contribution in [0.5, 0.6) is 0 Å². The van der Waals surface area contributed by atoms with Gasteiger partial charge in [0.15, 0.2) is 14.7 Å². The first-order valence-corrected chi connectivity index (χ1v) is 5.18. The minimum Gasteiger partial charge on any atom is -0.224 e. The zero-order chi connectivity index (χ0) is 10.2. The Morgan fingerprint density at radius 1 is 1.23 bits per heavy atom. The predicted octanol–water partition coefficient (Wildman–Crippen LogP) is 0.812. The van der Waals surface area contributed by atoms with Crippen molar-refractivity contribution in [1.82, 2.24) is 9.97 Å². The molecule has 0 bridgehead atoms. The molecule has 0 unspecified atom stereocenters. The maximum atomic E-state index is 12.8. The molecule has 1 aromatic rings. The average molecular weight is 229 g/mol. The molecule has 1 aromatic heterocycles. The van der Waals surface area contributed by atoms with E-state index in [2.05, 4.69) is 9.97 Å². The minimum absolute atomic E-state index is 0.645. The van der Waals surface area contributed by atoms with Gasteiger partial charge in [-0.3, -0.25) is 0 Å². The van der Waals surface area contributed by atoms with Gasteiger partial charge < -0.3 is 0 Å². The number of rotatable bonds is 1. The van der Waals surface area contributed by atoms with E-state index in [1.54, 1.807) is 0 Å². The van der Waals surface area contributed by atoms with Crippen LogP contribution in [0.1, 0.15) is 0 Å². The summed E-state index contributed by atoms with van der Waals surface area (Å²) in [4.78, 5) is 4.57. The third-order valence-corrected chi connectivity index (χ3v) is 2.37. The standard InChI is InChI=1S/C5H3ClF2N2O2S/c1-13(11,12)2-3(7)9-5(6)10-4(2)8/h1H3. The molecule has 0 N–H and O–H groups in total. The molecule has 0 fully saturated rings. The summed E-state index contributed by atoms with van der Waals surface area (Å²) in [6.45, 7) is 0. The van der Waals surface area contributed by atoms with Gasteiger partial charge in [0.2, 0.25) is 17.2 Å². The molecule has 0 saturated heterocycles. The van der Waals surface area contributed by atoms with Crippen LogP contribution in [-0.2, 0) is 9.84 Å². The number of halogens is 3. The lowest BCUT2D eigenvalue weighted by atomic mass is 10.6. The van der Waals surface area contributed by atoms with Gasteiger partial charge in [0, 0.05) is 6.26 Å². The van der Waals surface area contributed by atoms with Crippen LogP contribution in [-0.4, -0.2) is 24.6 Å². The maximum Gasteiger partial charge on any atom is 0.239 e. The second kappa shape index (κ2) is 3.15. The van der Waals surface area contributed by atoms with Gasteiger partial charge in [-0.15, -0.1) is 0 Å². The lowest BCUT2D eigenvalue weighted by Crippen LogP contribution is -2.08. The zero-order valence-corrected chi connectivity index (χ0v) is 7.83. The third kappa shape index (κ3) is 2.10. The first kappa shape index (κ1) is 10.3. The maximum absolute atomic E-state index is 12.8. The molecule has 13 heavy (non-hydrogen) atoms. The van der Waals surface area contributed by atoms with E-state index in [0.29, 0.717) is 6.26 Å². The number of nitrogens with zero attached hydrogens (tertiary/aromatic N) is 2. The van der Waals surface area contributed by atoms with E-state index in [-0.39, 0.29) is 0 Å². The summed E-state index contributed by atoms with van der Waals surface area (Å²) < 4.78 is 47.1. The van der Waals surface area contributed by atoms with Crippen LogP contribution in [0.3, 0.4) is 0 Å². The zero-order valence-electron chi connectivity index (χ0n) is 6.25. The molecule has 0 spiro atoms. The van der Waals surface area contributed by atoms with Crippen LogP contribution in [0.15, 0.2) is 4.90 Å². The van der Waals surface area contributed by atoms with E-state index in [0.717, 1.165) is 0 Å². The Labute approximate surface area is 77.5 Å². The molecule has 0 aliphatic carbocycles. The second-order valence-corrected chi connectivity index (χ2v) is 4.47. The summed E-state index contributed by atoms with van der Waals surface area (Å²) in [5.74, 6) is -2.97. The van der Waals surface area contributed by atoms with Crippen LogP contribution in [0.2, 0.25) is 5.28 Å². The number of aromatic nitrogens is 2. The van der Waals surface area contributed by atoms with Crippen molar-refractivity contribution >= 4 is 21.4 Å². The molecular formula is C5H3ClF2N2O2S. The van der Waals surface area contributed by atoms with E-state index in [9.17, 15) is 17.2 Å². The Hall–Kier alpha value is -0.820. The van der Waals surface area contributed by atoms with Gasteiger partial charge in [-0.25, -0.2) is 8.42 Å². The monoisotopic (exact) mass is 228 g/mol. The first-order valence-electron chi connectivity index (χ1n) is 2.91. The highest BCUT2D eigenvalue weighted by atomic mass is 35.5. The van der Waals surface area contributed by atoms with Crippen molar-refractivity contribution in [3.8, 4) is 0 Å². The van der Waals surface area contributed by atoms with Crippen LogP contribution >= 0.6 is 11.6 Å². The highest BCUT2D eigenvalue weighted by molar-refractivity contribution is 7.90. The molecular weight excluding hydrogens is 226 g/mol. The molecule has 72 valence electrons. The van der Waals surface area contributed by atoms with Gasteiger partial charge in [0.1, 0.15) is 0 Å². The number of sulfone groups is 1. The molecule has 1 rings (SSSR count). The molecule has 1 heterocycles. The number of hydrogen-bond donors (Lipinski definition) is 0. The fourth-order valence-electron chi connectivity index (χ4n) is 0.680. The molecule has 8 heteroatoms. The largest absolute Gasteiger partial charge is 0.239 e. The van der Waals surface area contributed by atoms with Crippen LogP contribution < -0.4 is 0 Å². The lowest BCUT2D eigenvalue weighted by molar-refractivity contribution is 0.470. The van der Waals surface area contributed by atoms with Crippen molar-refractivity contribution in [2.75, 3.05) is 6.26 Å². The van der Waals surface area contributed by atoms with Crippen molar-refractivity contribution in [3.63, 3.8) is 0 Å². The van der Waals surface area contributed by atoms with Gasteiger partial charge in [-0.1, -0.05) is 0 Å². The quantitative estimate of drug-likeness (QED) is 0.527. The molecule has 0 atom stereocenters. The van der Waals surface area contributed by atoms with Crippen LogP contribution in [0.25, 0.3) is 0 Å². The second-order valence-electron chi connectivity index (χ2n) is 2.18. The molecule has 0 saturated carbocycles. The Balaban J connectivity index is 3.57. The van der Waals surface area contributed by atoms with Gasteiger partial charge >= 0.3 is 0 Å². The summed E-state index contributed by atoms with van der Waals surface area (Å²) in [7, 11) is -4.01. The Morgan fingerprint density at radius 3 is 1.92 bits per heavy atom. The minimum atomic E-state index is -4.01. The molecule has 0 amide bonds. The predicted molar refractivity (Wildman–Crippen MR) is 40.1 cm³/mol. The van der Waals surface area contributed by atoms with Crippen molar-refractivity contribution in [2.45, 2.75) is 4.90 Å². The molecule has 4 nitrogen and oxygen atoms in total. The lowest BCUT2D eigenvalue weighted by Gasteiger charge is -1.99. The van der Waals surface area contributed by atoms with Gasteiger partial charge in [0.05, 0.1) is 0 Å². The highest BCUT2D eigenvalue weighted by Crippen LogP contribution is 2.16. The fraction of sp³-hybridized carbons (Fsp3) is 0.200. The summed E-state index contributed by atoms with van der Waals surface area (Å²) in [5.41, 5.74) is 0. The Kier molecular flexibility index (Phi) is 2.49. The molecule has 0 radical (unpaired) electrons. The van der Waals surface area contributed by atoms with E-state index >= 15 is 0 Å². The topological polar surface area (TPSA) is 59.9 Å². The van der Waals surface area contributed by atoms with Crippen molar-refractivity contribution in [3.05, 3.63) is 17.2 Å². The highest BCUT2D eigenvalue weighted by Gasteiger charge is 2.22. The molecule has 0 aliphatic rings. The van der Waals surface area contributed by atoms with Crippen LogP contribution in [0.4, 0.5) is 8.78 Å². The number of hydrogen-bond acceptors (Lipinski definition) is 4. The summed E-state index contributed by atoms with van der Waals surface area (Å²) >= 11 is 5.08. The summed E-state index contributed by atoms with van der Waals surface area (Å²) in [6.07, 6.45) is 0.645. The van der Waals surface area contributed by atoms with Gasteiger partial charge in [0.25, 0.3) is 0 Å². The Bertz CT molecular complexity index is 425. The van der Waals surface area contributed by atoms with Gasteiger partial charge in [-0.05, 0) is 11.6 Å². The van der Waals surface area contributed by atoms with Crippen LogP contribution in [0, 0.1) is 11.9 Å². The van der Waals surface area contributed by atoms with E-state index in [1.165, 1.54) is 0 Å². The van der Waals surface area contributed by atoms with Crippen molar-refractivity contribution < 1.29 is 17.2 Å². The van der Waals surface area contributed by atoms with E-state index < -0.39 is 31.9 Å². The summed E-state index contributed by atoms with van der Waals surface area (Å²) in [6, 6.07) is 0. The van der Waals surface area contributed by atoms with Gasteiger partial charge in [-0.2, -0.15) is 18.7 Å². The fourth-order valence-corrected chi connectivity index (χ4v) is 1.53. The molecule has 0 aromatic carbocycles. The smallest absolute Gasteiger partial charge is 0.224 e. The van der Waals surface area contributed by atoms with E-state index in [1.807, 2.05) is 0 Å². The van der Waals surface area contributed by atoms with Crippen molar-refractivity contribution in [2.24, 2.45) is 0 Å². The molecule has 0 aliphatic heterocycles. The summed E-state index contributed by atoms with van der Waals surface area (Å²) in [5, 5.41) is -0.678. The SMILES string of the molecule is CS(=O)(=O)c1c(F)nc(Cl)nc1F. The normalized spacial score (nSPS) is 11.7.